The van der Waals surface area contributed by atoms with Crippen LogP contribution in [0.4, 0.5) is 5.13 Å². The predicted molar refractivity (Wildman–Crippen MR) is 109 cm³/mol. The number of hydrogen-bond acceptors (Lipinski definition) is 6. The smallest absolute Gasteiger partial charge is 0.217 e. The first-order chi connectivity index (χ1) is 12.3. The maximum Gasteiger partial charge on any atom is 0.217 e. The Morgan fingerprint density at radius 1 is 1.42 bits per heavy atom. The maximum atomic E-state index is 11.0. The SMILES string of the molecule is COC(C)(C)CCN=C(N)Nc1nc(-c2ccc(CNC(C)=O)s2)cs1. The second-order valence-corrected chi connectivity index (χ2v) is 8.35. The number of methoxy groups -OCH3 is 1. The van der Waals surface area contributed by atoms with Crippen LogP contribution in [0.2, 0.25) is 0 Å². The average molecular weight is 396 g/mol. The number of ether oxygens (including phenoxy) is 1. The van der Waals surface area contributed by atoms with E-state index in [2.05, 4.69) is 20.6 Å². The lowest BCUT2D eigenvalue weighted by Gasteiger charge is -2.21. The van der Waals surface area contributed by atoms with Gasteiger partial charge in [0, 0.05) is 30.8 Å². The number of aliphatic imine (C=N–C) groups is 1. The fourth-order valence-electron chi connectivity index (χ4n) is 1.96. The van der Waals surface area contributed by atoms with Gasteiger partial charge in [0.1, 0.15) is 0 Å². The number of carbonyl (C=O) groups is 1. The number of hydrogen-bond donors (Lipinski definition) is 3. The molecule has 0 unspecified atom stereocenters. The van der Waals surface area contributed by atoms with Gasteiger partial charge in [0.25, 0.3) is 0 Å². The highest BCUT2D eigenvalue weighted by atomic mass is 32.1. The van der Waals surface area contributed by atoms with Crippen LogP contribution in [0.15, 0.2) is 22.5 Å². The Hall–Kier alpha value is -1.97. The molecule has 0 atom stereocenters. The molecule has 0 bridgehead atoms. The van der Waals surface area contributed by atoms with Gasteiger partial charge in [-0.1, -0.05) is 0 Å². The van der Waals surface area contributed by atoms with Gasteiger partial charge in [0.2, 0.25) is 5.91 Å². The van der Waals surface area contributed by atoms with Crippen LogP contribution in [0.1, 0.15) is 32.1 Å². The molecule has 0 aliphatic carbocycles. The Labute approximate surface area is 161 Å². The Morgan fingerprint density at radius 3 is 2.88 bits per heavy atom. The molecule has 2 heterocycles. The normalized spacial score (nSPS) is 12.2. The fraction of sp³-hybridized carbons (Fsp3) is 0.471. The summed E-state index contributed by atoms with van der Waals surface area (Å²) >= 11 is 3.08. The van der Waals surface area contributed by atoms with Crippen molar-refractivity contribution in [3.63, 3.8) is 0 Å². The van der Waals surface area contributed by atoms with Crippen molar-refractivity contribution >= 4 is 39.7 Å². The van der Waals surface area contributed by atoms with E-state index >= 15 is 0 Å². The first-order valence-electron chi connectivity index (χ1n) is 8.20. The van der Waals surface area contributed by atoms with Crippen LogP contribution >= 0.6 is 22.7 Å². The molecule has 2 aromatic heterocycles. The Bertz CT molecular complexity index is 767. The number of nitrogens with one attached hydrogen (secondary N) is 2. The molecule has 0 aliphatic heterocycles. The van der Waals surface area contributed by atoms with Gasteiger partial charge >= 0.3 is 0 Å². The zero-order valence-corrected chi connectivity index (χ0v) is 17.1. The van der Waals surface area contributed by atoms with Crippen LogP contribution in [-0.4, -0.2) is 36.1 Å². The van der Waals surface area contributed by atoms with Crippen molar-refractivity contribution < 1.29 is 9.53 Å². The van der Waals surface area contributed by atoms with E-state index in [1.165, 1.54) is 18.3 Å². The molecule has 0 saturated heterocycles. The second kappa shape index (κ2) is 9.11. The third-order valence-corrected chi connectivity index (χ3v) is 5.58. The van der Waals surface area contributed by atoms with Gasteiger partial charge in [-0.05, 0) is 32.4 Å². The molecule has 0 radical (unpaired) electrons. The number of aromatic nitrogens is 1. The number of carbonyl (C=O) groups excluding carboxylic acids is 1. The molecule has 0 saturated carbocycles. The van der Waals surface area contributed by atoms with Gasteiger partial charge in [0.15, 0.2) is 11.1 Å². The van der Waals surface area contributed by atoms with Crippen LogP contribution in [0, 0.1) is 0 Å². The number of rotatable bonds is 8. The van der Waals surface area contributed by atoms with Crippen molar-refractivity contribution in [2.45, 2.75) is 39.3 Å². The quantitative estimate of drug-likeness (QED) is 0.471. The van der Waals surface area contributed by atoms with Crippen molar-refractivity contribution in [3.05, 3.63) is 22.4 Å². The van der Waals surface area contributed by atoms with Gasteiger partial charge in [-0.15, -0.1) is 22.7 Å². The van der Waals surface area contributed by atoms with Crippen LogP contribution in [0.3, 0.4) is 0 Å². The highest BCUT2D eigenvalue weighted by molar-refractivity contribution is 7.17. The molecule has 0 spiro atoms. The number of anilines is 1. The number of thiophene rings is 1. The third-order valence-electron chi connectivity index (χ3n) is 3.71. The maximum absolute atomic E-state index is 11.0. The molecule has 0 fully saturated rings. The molecule has 142 valence electrons. The molecule has 2 aromatic rings. The standard InChI is InChI=1S/C17H25N5O2S2/c1-11(23)20-9-12-5-6-14(26-12)13-10-25-16(21-13)22-15(18)19-8-7-17(2,3)24-4/h5-6,10H,7-9H2,1-4H3,(H,20,23)(H3,18,19,21,22). The third kappa shape index (κ3) is 6.40. The summed E-state index contributed by atoms with van der Waals surface area (Å²) in [7, 11) is 1.69. The Balaban J connectivity index is 1.92. The molecule has 4 N–H and O–H groups in total. The topological polar surface area (TPSA) is 102 Å². The van der Waals surface area contributed by atoms with E-state index in [4.69, 9.17) is 10.5 Å². The Morgan fingerprint density at radius 2 is 2.19 bits per heavy atom. The summed E-state index contributed by atoms with van der Waals surface area (Å²) in [6, 6.07) is 4.00. The highest BCUT2D eigenvalue weighted by Gasteiger charge is 2.15. The van der Waals surface area contributed by atoms with E-state index in [1.807, 2.05) is 31.4 Å². The van der Waals surface area contributed by atoms with Crippen molar-refractivity contribution in [2.75, 3.05) is 19.0 Å². The molecular weight excluding hydrogens is 370 g/mol. The van der Waals surface area contributed by atoms with E-state index in [1.54, 1.807) is 18.4 Å². The van der Waals surface area contributed by atoms with Crippen molar-refractivity contribution in [3.8, 4) is 10.6 Å². The van der Waals surface area contributed by atoms with E-state index in [-0.39, 0.29) is 11.5 Å². The van der Waals surface area contributed by atoms with Crippen molar-refractivity contribution in [1.82, 2.24) is 10.3 Å². The summed E-state index contributed by atoms with van der Waals surface area (Å²) in [5.41, 5.74) is 6.59. The van der Waals surface area contributed by atoms with Crippen LogP contribution < -0.4 is 16.4 Å². The summed E-state index contributed by atoms with van der Waals surface area (Å²) in [4.78, 5) is 22.0. The van der Waals surface area contributed by atoms with Gasteiger partial charge in [-0.25, -0.2) is 4.98 Å². The molecule has 0 aliphatic rings. The predicted octanol–water partition coefficient (Wildman–Crippen LogP) is 3.05. The molecule has 7 nitrogen and oxygen atoms in total. The summed E-state index contributed by atoms with van der Waals surface area (Å²) in [6.45, 7) is 6.65. The van der Waals surface area contributed by atoms with Crippen LogP contribution in [0.5, 0.6) is 0 Å². The fourth-order valence-corrected chi connectivity index (χ4v) is 3.66. The number of amides is 1. The summed E-state index contributed by atoms with van der Waals surface area (Å²) < 4.78 is 5.36. The number of nitrogens with zero attached hydrogens (tertiary/aromatic N) is 2. The van der Waals surface area contributed by atoms with E-state index in [0.29, 0.717) is 24.2 Å². The van der Waals surface area contributed by atoms with Crippen molar-refractivity contribution in [1.29, 1.82) is 0 Å². The molecule has 26 heavy (non-hydrogen) atoms. The average Bonchev–Trinajstić information content (AvgIpc) is 3.21. The lowest BCUT2D eigenvalue weighted by Crippen LogP contribution is -2.26. The first-order valence-corrected chi connectivity index (χ1v) is 9.90. The van der Waals surface area contributed by atoms with Crippen LogP contribution in [0.25, 0.3) is 10.6 Å². The van der Waals surface area contributed by atoms with Crippen LogP contribution in [-0.2, 0) is 16.1 Å². The molecule has 2 rings (SSSR count). The van der Waals surface area contributed by atoms with Gasteiger partial charge in [0.05, 0.1) is 22.7 Å². The van der Waals surface area contributed by atoms with Gasteiger partial charge in [-0.2, -0.15) is 0 Å². The summed E-state index contributed by atoms with van der Waals surface area (Å²) in [6.07, 6.45) is 0.779. The minimum atomic E-state index is -0.216. The molecular formula is C17H25N5O2S2. The minimum Gasteiger partial charge on any atom is -0.379 e. The van der Waals surface area contributed by atoms with E-state index in [9.17, 15) is 4.79 Å². The van der Waals surface area contributed by atoms with Gasteiger partial charge in [-0.3, -0.25) is 9.79 Å². The lowest BCUT2D eigenvalue weighted by atomic mass is 10.1. The van der Waals surface area contributed by atoms with E-state index < -0.39 is 0 Å². The lowest BCUT2D eigenvalue weighted by molar-refractivity contribution is -0.119. The summed E-state index contributed by atoms with van der Waals surface area (Å²) in [5, 5.41) is 8.49. The summed E-state index contributed by atoms with van der Waals surface area (Å²) in [5.74, 6) is 0.305. The largest absolute Gasteiger partial charge is 0.379 e. The molecule has 1 amide bonds. The number of thiazole rings is 1. The van der Waals surface area contributed by atoms with Crippen molar-refractivity contribution in [2.24, 2.45) is 10.7 Å². The molecule has 0 aromatic carbocycles. The Kier molecular flexibility index (Phi) is 7.13. The first kappa shape index (κ1) is 20.3. The number of nitrogens with two attached hydrogens (primary N) is 1. The second-order valence-electron chi connectivity index (χ2n) is 6.32. The number of guanidine groups is 1. The molecule has 9 heteroatoms. The monoisotopic (exact) mass is 395 g/mol. The van der Waals surface area contributed by atoms with Gasteiger partial charge < -0.3 is 21.1 Å². The minimum absolute atomic E-state index is 0.0382. The van der Waals surface area contributed by atoms with E-state index in [0.717, 1.165) is 21.9 Å². The zero-order chi connectivity index (χ0) is 19.2. The highest BCUT2D eigenvalue weighted by Crippen LogP contribution is 2.30. The zero-order valence-electron chi connectivity index (χ0n) is 15.5.